The first-order valence-corrected chi connectivity index (χ1v) is 14.2. The fourth-order valence-corrected chi connectivity index (χ4v) is 6.96. The molecule has 0 saturated heterocycles. The van der Waals surface area contributed by atoms with E-state index in [0.29, 0.717) is 46.2 Å². The summed E-state index contributed by atoms with van der Waals surface area (Å²) in [5.74, 6) is 0.459. The third-order valence-electron chi connectivity index (χ3n) is 5.75. The molecule has 36 heavy (non-hydrogen) atoms. The molecular weight excluding hydrogens is 505 g/mol. The second kappa shape index (κ2) is 12.5. The highest BCUT2D eigenvalue weighted by molar-refractivity contribution is 7.93. The molecule has 0 radical (unpaired) electrons. The number of carbonyl (C=O) groups excluding carboxylic acids is 1. The number of nitrogens with one attached hydrogen (secondary N) is 1. The maximum atomic E-state index is 13.6. The van der Waals surface area contributed by atoms with E-state index in [2.05, 4.69) is 10.1 Å². The predicted molar refractivity (Wildman–Crippen MR) is 139 cm³/mol. The molecule has 0 aliphatic heterocycles. The molecule has 0 saturated carbocycles. The largest absolute Gasteiger partial charge is 0.489 e. The van der Waals surface area contributed by atoms with E-state index in [-0.39, 0.29) is 24.3 Å². The summed E-state index contributed by atoms with van der Waals surface area (Å²) in [5.41, 5.74) is 1.45. The zero-order chi connectivity index (χ0) is 26.3. The number of hydrogen-bond acceptors (Lipinski definition) is 8. The maximum absolute atomic E-state index is 13.6. The second-order valence-electron chi connectivity index (χ2n) is 8.47. The highest BCUT2D eigenvalue weighted by Gasteiger charge is 2.22. The molecule has 1 heterocycles. The molecule has 0 fully saturated rings. The Morgan fingerprint density at radius 3 is 2.64 bits per heavy atom. The van der Waals surface area contributed by atoms with Gasteiger partial charge < -0.3 is 19.5 Å². The third kappa shape index (κ3) is 7.18. The van der Waals surface area contributed by atoms with Gasteiger partial charge in [0.25, 0.3) is 0 Å². The van der Waals surface area contributed by atoms with Crippen molar-refractivity contribution in [3.05, 3.63) is 53.3 Å². The van der Waals surface area contributed by atoms with Crippen LogP contribution in [0.4, 0.5) is 4.39 Å². The molecule has 0 aliphatic rings. The molecule has 1 aromatic heterocycles. The van der Waals surface area contributed by atoms with Gasteiger partial charge in [0.1, 0.15) is 27.6 Å². The molecule has 196 valence electrons. The Bertz CT molecular complexity index is 1310. The first-order chi connectivity index (χ1) is 17.1. The van der Waals surface area contributed by atoms with E-state index in [1.54, 1.807) is 25.1 Å². The van der Waals surface area contributed by atoms with Crippen molar-refractivity contribution in [1.29, 1.82) is 0 Å². The van der Waals surface area contributed by atoms with Crippen LogP contribution in [-0.2, 0) is 19.4 Å². The number of sulfone groups is 1. The number of thiophene rings is 1. The highest BCUT2D eigenvalue weighted by Crippen LogP contribution is 2.35. The summed E-state index contributed by atoms with van der Waals surface area (Å²) in [6.45, 7) is 6.55. The van der Waals surface area contributed by atoms with Crippen molar-refractivity contribution in [1.82, 2.24) is 5.32 Å². The Kier molecular flexibility index (Phi) is 9.69. The average molecular weight is 538 g/mol. The van der Waals surface area contributed by atoms with E-state index in [1.807, 2.05) is 19.9 Å². The number of methoxy groups -OCH3 is 1. The van der Waals surface area contributed by atoms with Crippen LogP contribution in [0, 0.1) is 19.7 Å². The Labute approximate surface area is 215 Å². The molecular formula is C26H32FNO6S2. The SMILES string of the molecule is CCC(CNCCCS(=O)(=O)c1sc2ccc(F)cc2c1C)Oc1ccc(OCC(=O)OC)c(C)c1. The summed E-state index contributed by atoms with van der Waals surface area (Å²) in [6, 6.07) is 9.74. The van der Waals surface area contributed by atoms with Crippen LogP contribution >= 0.6 is 11.3 Å². The number of hydrogen-bond donors (Lipinski definition) is 1. The first-order valence-electron chi connectivity index (χ1n) is 11.7. The zero-order valence-electron chi connectivity index (χ0n) is 20.9. The fourth-order valence-electron chi connectivity index (χ4n) is 3.72. The van der Waals surface area contributed by atoms with Crippen LogP contribution in [0.5, 0.6) is 11.5 Å². The lowest BCUT2D eigenvalue weighted by Crippen LogP contribution is -2.32. The van der Waals surface area contributed by atoms with E-state index < -0.39 is 15.8 Å². The minimum atomic E-state index is -3.46. The van der Waals surface area contributed by atoms with Gasteiger partial charge in [-0.1, -0.05) is 6.92 Å². The van der Waals surface area contributed by atoms with Crippen LogP contribution in [0.25, 0.3) is 10.1 Å². The van der Waals surface area contributed by atoms with Gasteiger partial charge >= 0.3 is 5.97 Å². The molecule has 1 N–H and O–H groups in total. The lowest BCUT2D eigenvalue weighted by molar-refractivity contribution is -0.142. The summed E-state index contributed by atoms with van der Waals surface area (Å²) in [6.07, 6.45) is 1.12. The van der Waals surface area contributed by atoms with Gasteiger partial charge in [0.15, 0.2) is 16.4 Å². The van der Waals surface area contributed by atoms with Crippen LogP contribution < -0.4 is 14.8 Å². The molecule has 3 rings (SSSR count). The predicted octanol–water partition coefficient (Wildman–Crippen LogP) is 4.82. The van der Waals surface area contributed by atoms with Crippen LogP contribution in [-0.4, -0.2) is 53.1 Å². The van der Waals surface area contributed by atoms with Crippen molar-refractivity contribution >= 4 is 37.2 Å². The summed E-state index contributed by atoms with van der Waals surface area (Å²) in [7, 11) is -2.15. The van der Waals surface area contributed by atoms with Crippen LogP contribution in [0.15, 0.2) is 40.6 Å². The van der Waals surface area contributed by atoms with Crippen molar-refractivity contribution in [3.8, 4) is 11.5 Å². The van der Waals surface area contributed by atoms with E-state index in [1.165, 1.54) is 30.6 Å². The van der Waals surface area contributed by atoms with Gasteiger partial charge in [-0.2, -0.15) is 0 Å². The number of carbonyl (C=O) groups is 1. The van der Waals surface area contributed by atoms with Gasteiger partial charge in [0.2, 0.25) is 0 Å². The van der Waals surface area contributed by atoms with Crippen molar-refractivity contribution in [2.45, 2.75) is 43.9 Å². The number of benzene rings is 2. The second-order valence-corrected chi connectivity index (χ2v) is 11.8. The Morgan fingerprint density at radius 2 is 1.94 bits per heavy atom. The molecule has 1 atom stereocenters. The Hall–Kier alpha value is -2.69. The number of rotatable bonds is 13. The van der Waals surface area contributed by atoms with Crippen molar-refractivity contribution in [2.24, 2.45) is 0 Å². The standard InChI is InChI=1S/C26H32FNO6S2/c1-5-20(34-21-8-9-23(17(2)13-21)33-16-25(29)32-4)15-28-11-6-12-36(30,31)26-18(3)22-14-19(27)7-10-24(22)35-26/h7-10,13-14,20,28H,5-6,11-12,15-16H2,1-4H3. The lowest BCUT2D eigenvalue weighted by Gasteiger charge is -2.19. The van der Waals surface area contributed by atoms with Gasteiger partial charge in [-0.15, -0.1) is 11.3 Å². The minimum Gasteiger partial charge on any atom is -0.489 e. The number of aryl methyl sites for hydroxylation is 2. The number of esters is 1. The lowest BCUT2D eigenvalue weighted by atomic mass is 10.2. The molecule has 1 unspecified atom stereocenters. The molecule has 2 aromatic carbocycles. The molecule has 0 amide bonds. The van der Waals surface area contributed by atoms with Crippen LogP contribution in [0.2, 0.25) is 0 Å². The van der Waals surface area contributed by atoms with E-state index in [9.17, 15) is 17.6 Å². The first kappa shape index (κ1) is 27.9. The summed E-state index contributed by atoms with van der Waals surface area (Å²) in [5, 5.41) is 3.93. The van der Waals surface area contributed by atoms with Crippen molar-refractivity contribution < 1.29 is 31.8 Å². The van der Waals surface area contributed by atoms with Gasteiger partial charge in [0, 0.05) is 11.2 Å². The summed E-state index contributed by atoms with van der Waals surface area (Å²) in [4.78, 5) is 11.3. The molecule has 0 spiro atoms. The van der Waals surface area contributed by atoms with Crippen LogP contribution in [0.1, 0.15) is 30.9 Å². The quantitative estimate of drug-likeness (QED) is 0.247. The van der Waals surface area contributed by atoms with Gasteiger partial charge in [-0.3, -0.25) is 0 Å². The zero-order valence-corrected chi connectivity index (χ0v) is 22.6. The van der Waals surface area contributed by atoms with E-state index in [0.717, 1.165) is 16.7 Å². The van der Waals surface area contributed by atoms with Crippen molar-refractivity contribution in [3.63, 3.8) is 0 Å². The van der Waals surface area contributed by atoms with Gasteiger partial charge in [0.05, 0.1) is 12.9 Å². The Balaban J connectivity index is 1.48. The smallest absolute Gasteiger partial charge is 0.343 e. The molecule has 7 nitrogen and oxygen atoms in total. The topological polar surface area (TPSA) is 90.9 Å². The number of halogens is 1. The van der Waals surface area contributed by atoms with Gasteiger partial charge in [-0.05, 0) is 86.1 Å². The van der Waals surface area contributed by atoms with Gasteiger partial charge in [-0.25, -0.2) is 17.6 Å². The summed E-state index contributed by atoms with van der Waals surface area (Å²) >= 11 is 1.19. The number of fused-ring (bicyclic) bond motifs is 1. The normalized spacial score (nSPS) is 12.5. The highest BCUT2D eigenvalue weighted by atomic mass is 32.2. The monoisotopic (exact) mass is 537 g/mol. The Morgan fingerprint density at radius 1 is 1.17 bits per heavy atom. The number of ether oxygens (including phenoxy) is 3. The average Bonchev–Trinajstić information content (AvgIpc) is 3.18. The van der Waals surface area contributed by atoms with Crippen LogP contribution in [0.3, 0.4) is 0 Å². The molecule has 3 aromatic rings. The van der Waals surface area contributed by atoms with E-state index >= 15 is 0 Å². The molecule has 10 heteroatoms. The molecule has 0 aliphatic carbocycles. The maximum Gasteiger partial charge on any atom is 0.343 e. The minimum absolute atomic E-state index is 0.0139. The van der Waals surface area contributed by atoms with E-state index in [4.69, 9.17) is 9.47 Å². The summed E-state index contributed by atoms with van der Waals surface area (Å²) < 4.78 is 56.5. The third-order valence-corrected chi connectivity index (χ3v) is 9.53. The van der Waals surface area contributed by atoms with Crippen molar-refractivity contribution in [2.75, 3.05) is 32.6 Å². The molecule has 0 bridgehead atoms. The fraction of sp³-hybridized carbons (Fsp3) is 0.423.